The fourth-order valence-corrected chi connectivity index (χ4v) is 3.28. The predicted molar refractivity (Wildman–Crippen MR) is 70.9 cm³/mol. The van der Waals surface area contributed by atoms with E-state index in [0.717, 1.165) is 18.4 Å². The average molecular weight is 266 g/mol. The summed E-state index contributed by atoms with van der Waals surface area (Å²) in [6.45, 7) is 2.01. The van der Waals surface area contributed by atoms with Crippen molar-refractivity contribution < 1.29 is 12.6 Å². The highest BCUT2D eigenvalue weighted by Crippen LogP contribution is 2.22. The second-order valence-corrected chi connectivity index (χ2v) is 6.13. The molecule has 0 aromatic heterocycles. The number of rotatable bonds is 5. The van der Waals surface area contributed by atoms with Gasteiger partial charge in [-0.1, -0.05) is 29.8 Å². The molecule has 0 saturated heterocycles. The van der Waals surface area contributed by atoms with Gasteiger partial charge in [0.1, 0.15) is 0 Å². The zero-order valence-electron chi connectivity index (χ0n) is 10.6. The van der Waals surface area contributed by atoms with Gasteiger partial charge in [-0.15, -0.1) is 0 Å². The Morgan fingerprint density at radius 2 is 2.06 bits per heavy atom. The van der Waals surface area contributed by atoms with E-state index < -0.39 is 10.1 Å². The van der Waals surface area contributed by atoms with Crippen LogP contribution in [0.3, 0.4) is 0 Å². The Morgan fingerprint density at radius 1 is 1.28 bits per heavy atom. The van der Waals surface area contributed by atoms with Crippen molar-refractivity contribution >= 4 is 10.1 Å². The van der Waals surface area contributed by atoms with Gasteiger partial charge in [-0.2, -0.15) is 8.42 Å². The molecule has 2 rings (SSSR count). The second kappa shape index (κ2) is 5.67. The van der Waals surface area contributed by atoms with Crippen LogP contribution in [0.1, 0.15) is 31.2 Å². The molecule has 1 aromatic carbocycles. The summed E-state index contributed by atoms with van der Waals surface area (Å²) in [5, 5.41) is 0. The minimum absolute atomic E-state index is 0.239. The van der Waals surface area contributed by atoms with E-state index in [1.165, 1.54) is 12.0 Å². The smallest absolute Gasteiger partial charge is 0.266 e. The monoisotopic (exact) mass is 266 g/mol. The summed E-state index contributed by atoms with van der Waals surface area (Å²) in [5.41, 5.74) is 2.03. The first kappa shape index (κ1) is 13.3. The number of hydrogen-bond acceptors (Lipinski definition) is 3. The van der Waals surface area contributed by atoms with Gasteiger partial charge in [-0.05, 0) is 44.2 Å². The summed E-state index contributed by atoms with van der Waals surface area (Å²) >= 11 is 0. The molecule has 18 heavy (non-hydrogen) atoms. The molecular formula is C14H18O3S. The van der Waals surface area contributed by atoms with Crippen LogP contribution >= 0.6 is 0 Å². The first-order chi connectivity index (χ1) is 8.59. The van der Waals surface area contributed by atoms with Crippen molar-refractivity contribution in [3.8, 4) is 0 Å². The van der Waals surface area contributed by atoms with Gasteiger partial charge in [0.2, 0.25) is 0 Å². The lowest BCUT2D eigenvalue weighted by Crippen LogP contribution is -2.09. The summed E-state index contributed by atoms with van der Waals surface area (Å²) in [4.78, 5) is 0.269. The first-order valence-corrected chi connectivity index (χ1v) is 7.63. The van der Waals surface area contributed by atoms with Crippen molar-refractivity contribution in [1.29, 1.82) is 0 Å². The number of allylic oxidation sites excluding steroid dienone is 1. The average Bonchev–Trinajstić information content (AvgIpc) is 2.82. The van der Waals surface area contributed by atoms with Gasteiger partial charge < -0.3 is 0 Å². The molecule has 0 amide bonds. The third-order valence-corrected chi connectivity index (χ3v) is 4.63. The van der Waals surface area contributed by atoms with Crippen LogP contribution in [0.25, 0.3) is 0 Å². The van der Waals surface area contributed by atoms with Gasteiger partial charge in [0, 0.05) is 0 Å². The lowest BCUT2D eigenvalue weighted by Gasteiger charge is -2.08. The molecule has 1 aromatic rings. The molecule has 0 saturated carbocycles. The molecule has 98 valence electrons. The molecule has 3 nitrogen and oxygen atoms in total. The molecule has 0 radical (unpaired) electrons. The highest BCUT2D eigenvalue weighted by Gasteiger charge is 2.17. The molecule has 0 unspecified atom stereocenters. The summed E-state index contributed by atoms with van der Waals surface area (Å²) in [5.74, 6) is 0. The van der Waals surface area contributed by atoms with Crippen molar-refractivity contribution in [3.05, 3.63) is 41.5 Å². The Labute approximate surface area is 109 Å². The fraction of sp³-hybridized carbons (Fsp3) is 0.429. The largest absolute Gasteiger partial charge is 0.297 e. The third kappa shape index (κ3) is 3.21. The highest BCUT2D eigenvalue weighted by atomic mass is 32.2. The first-order valence-electron chi connectivity index (χ1n) is 6.22. The molecule has 0 fully saturated rings. The molecule has 4 heteroatoms. The van der Waals surface area contributed by atoms with E-state index in [-0.39, 0.29) is 11.5 Å². The lowest BCUT2D eigenvalue weighted by atomic mass is 10.2. The summed E-state index contributed by atoms with van der Waals surface area (Å²) in [7, 11) is -3.61. The molecule has 1 aliphatic carbocycles. The molecule has 0 aliphatic heterocycles. The quantitative estimate of drug-likeness (QED) is 0.607. The van der Waals surface area contributed by atoms with Gasteiger partial charge in [0.05, 0.1) is 11.5 Å². The topological polar surface area (TPSA) is 43.4 Å². The Balaban J connectivity index is 1.97. The molecule has 0 bridgehead atoms. The molecular weight excluding hydrogens is 248 g/mol. The zero-order valence-corrected chi connectivity index (χ0v) is 11.4. The normalized spacial score (nSPS) is 15.7. The Morgan fingerprint density at radius 3 is 2.72 bits per heavy atom. The second-order valence-electron chi connectivity index (χ2n) is 4.55. The Bertz CT molecular complexity index is 544. The van der Waals surface area contributed by atoms with E-state index in [9.17, 15) is 8.42 Å². The van der Waals surface area contributed by atoms with Gasteiger partial charge in [-0.25, -0.2) is 0 Å². The van der Waals surface area contributed by atoms with Crippen LogP contribution in [0, 0.1) is 6.92 Å². The van der Waals surface area contributed by atoms with E-state index in [4.69, 9.17) is 4.18 Å². The van der Waals surface area contributed by atoms with Gasteiger partial charge in [0.25, 0.3) is 10.1 Å². The van der Waals surface area contributed by atoms with Crippen LogP contribution in [0.15, 0.2) is 40.8 Å². The Kier molecular flexibility index (Phi) is 4.19. The fourth-order valence-electron chi connectivity index (χ4n) is 2.15. The molecule has 1 aliphatic rings. The van der Waals surface area contributed by atoms with Crippen molar-refractivity contribution in [2.45, 2.75) is 37.5 Å². The van der Waals surface area contributed by atoms with E-state index in [1.54, 1.807) is 25.1 Å². The van der Waals surface area contributed by atoms with Crippen molar-refractivity contribution in [1.82, 2.24) is 0 Å². The minimum atomic E-state index is -3.61. The van der Waals surface area contributed by atoms with E-state index in [1.807, 2.05) is 6.07 Å². The molecule has 0 N–H and O–H groups in total. The zero-order chi connectivity index (χ0) is 13.0. The van der Waals surface area contributed by atoms with Crippen molar-refractivity contribution in [2.24, 2.45) is 0 Å². The predicted octanol–water partition coefficient (Wildman–Crippen LogP) is 3.20. The maximum Gasteiger partial charge on any atom is 0.297 e. The van der Waals surface area contributed by atoms with E-state index in [2.05, 4.69) is 6.08 Å². The number of benzene rings is 1. The van der Waals surface area contributed by atoms with E-state index >= 15 is 0 Å². The van der Waals surface area contributed by atoms with E-state index in [0.29, 0.717) is 6.42 Å². The van der Waals surface area contributed by atoms with Crippen molar-refractivity contribution in [2.75, 3.05) is 6.61 Å². The standard InChI is InChI=1S/C14H18O3S/c1-12-6-2-5-9-14(12)18(15,16)17-11-10-13-7-3-4-8-13/h2,5-7,9H,3-4,8,10-11H2,1H3. The molecule has 0 atom stereocenters. The van der Waals surface area contributed by atoms with Crippen LogP contribution in [-0.2, 0) is 14.3 Å². The maximum atomic E-state index is 12.0. The SMILES string of the molecule is Cc1ccccc1S(=O)(=O)OCCC1=CCCC1. The van der Waals surface area contributed by atoms with Gasteiger partial charge in [0.15, 0.2) is 0 Å². The maximum absolute atomic E-state index is 12.0. The minimum Gasteiger partial charge on any atom is -0.266 e. The van der Waals surface area contributed by atoms with Crippen LogP contribution in [0.2, 0.25) is 0 Å². The van der Waals surface area contributed by atoms with Crippen LogP contribution < -0.4 is 0 Å². The van der Waals surface area contributed by atoms with Gasteiger partial charge >= 0.3 is 0 Å². The van der Waals surface area contributed by atoms with Crippen LogP contribution in [0.5, 0.6) is 0 Å². The lowest BCUT2D eigenvalue weighted by molar-refractivity contribution is 0.320. The third-order valence-electron chi connectivity index (χ3n) is 3.16. The highest BCUT2D eigenvalue weighted by molar-refractivity contribution is 7.86. The summed E-state index contributed by atoms with van der Waals surface area (Å²) < 4.78 is 29.1. The Hall–Kier alpha value is -1.13. The number of aryl methyl sites for hydroxylation is 1. The molecule has 0 spiro atoms. The molecule has 0 heterocycles. The van der Waals surface area contributed by atoms with Crippen LogP contribution in [0.4, 0.5) is 0 Å². The summed E-state index contributed by atoms with van der Waals surface area (Å²) in [6, 6.07) is 6.88. The number of hydrogen-bond donors (Lipinski definition) is 0. The summed E-state index contributed by atoms with van der Waals surface area (Å²) in [6.07, 6.45) is 6.27. The van der Waals surface area contributed by atoms with Crippen LogP contribution in [-0.4, -0.2) is 15.0 Å². The van der Waals surface area contributed by atoms with Gasteiger partial charge in [-0.3, -0.25) is 4.18 Å². The van der Waals surface area contributed by atoms with Crippen molar-refractivity contribution in [3.63, 3.8) is 0 Å².